The Balaban J connectivity index is 2.06. The smallest absolute Gasteiger partial charge is 0.269 e. The second-order valence-corrected chi connectivity index (χ2v) is 6.06. The van der Waals surface area contributed by atoms with Gasteiger partial charge in [0.05, 0.1) is 17.7 Å². The van der Waals surface area contributed by atoms with Gasteiger partial charge in [0.1, 0.15) is 5.75 Å². The molecule has 0 aliphatic heterocycles. The van der Waals surface area contributed by atoms with E-state index in [9.17, 15) is 10.1 Å². The van der Waals surface area contributed by atoms with Crippen LogP contribution in [0.4, 0.5) is 11.6 Å². The molecule has 7 heteroatoms. The third kappa shape index (κ3) is 3.51. The number of nitrogen functional groups attached to an aromatic ring is 1. The van der Waals surface area contributed by atoms with E-state index in [1.807, 2.05) is 43.6 Å². The molecule has 1 aromatic heterocycles. The van der Waals surface area contributed by atoms with Crippen LogP contribution in [0.1, 0.15) is 22.7 Å². The number of aromatic nitrogens is 2. The number of methoxy groups -OCH3 is 1. The Hall–Kier alpha value is -3.35. The Morgan fingerprint density at radius 2 is 2.00 bits per heavy atom. The lowest BCUT2D eigenvalue weighted by Gasteiger charge is -2.17. The number of benzene rings is 2. The summed E-state index contributed by atoms with van der Waals surface area (Å²) in [5.74, 6) is 0.933. The van der Waals surface area contributed by atoms with Gasteiger partial charge in [-0.2, -0.15) is 0 Å². The number of aryl methyl sites for hydroxylation is 1. The predicted octanol–water partition coefficient (Wildman–Crippen LogP) is 3.29. The second-order valence-electron chi connectivity index (χ2n) is 6.06. The Kier molecular flexibility index (Phi) is 4.88. The molecule has 134 valence electrons. The maximum absolute atomic E-state index is 11.2. The van der Waals surface area contributed by atoms with E-state index in [4.69, 9.17) is 10.5 Å². The van der Waals surface area contributed by atoms with E-state index in [1.54, 1.807) is 23.8 Å². The standard InChI is InChI=1S/C19H20N4O3/c1-22-12-17(21-19(22)20)16(13-6-4-3-5-7-13)11-14-10-15(23(24)25)8-9-18(14)26-2/h3-10,12,16H,11H2,1-2H3,(H2,20,21). The molecule has 3 aromatic rings. The van der Waals surface area contributed by atoms with Crippen LogP contribution in [0, 0.1) is 10.1 Å². The van der Waals surface area contributed by atoms with Crippen molar-refractivity contribution in [3.05, 3.63) is 81.7 Å². The molecule has 7 nitrogen and oxygen atoms in total. The molecular weight excluding hydrogens is 332 g/mol. The number of ether oxygens (including phenoxy) is 1. The van der Waals surface area contributed by atoms with Crippen LogP contribution in [0.2, 0.25) is 0 Å². The van der Waals surface area contributed by atoms with E-state index in [0.717, 1.165) is 16.8 Å². The number of nitro groups is 1. The molecule has 0 saturated heterocycles. The van der Waals surface area contributed by atoms with Crippen molar-refractivity contribution in [2.24, 2.45) is 7.05 Å². The largest absolute Gasteiger partial charge is 0.496 e. The normalized spacial score (nSPS) is 11.9. The monoisotopic (exact) mass is 352 g/mol. The summed E-state index contributed by atoms with van der Waals surface area (Å²) < 4.78 is 7.17. The van der Waals surface area contributed by atoms with E-state index in [2.05, 4.69) is 4.98 Å². The number of hydrogen-bond acceptors (Lipinski definition) is 5. The number of rotatable bonds is 6. The first kappa shape index (κ1) is 17.5. The van der Waals surface area contributed by atoms with Gasteiger partial charge >= 0.3 is 0 Å². The van der Waals surface area contributed by atoms with Gasteiger partial charge in [-0.05, 0) is 18.1 Å². The lowest BCUT2D eigenvalue weighted by Crippen LogP contribution is -2.07. The molecule has 2 aromatic carbocycles. The molecule has 1 atom stereocenters. The molecule has 0 radical (unpaired) electrons. The van der Waals surface area contributed by atoms with Gasteiger partial charge in [0.25, 0.3) is 5.69 Å². The molecule has 1 unspecified atom stereocenters. The van der Waals surface area contributed by atoms with Gasteiger partial charge in [-0.25, -0.2) is 4.98 Å². The first-order valence-corrected chi connectivity index (χ1v) is 8.14. The Labute approximate surface area is 151 Å². The summed E-state index contributed by atoms with van der Waals surface area (Å²) in [6.45, 7) is 0. The molecule has 0 fully saturated rings. The fraction of sp³-hybridized carbons (Fsp3) is 0.211. The highest BCUT2D eigenvalue weighted by Gasteiger charge is 2.22. The molecule has 0 amide bonds. The number of imidazole rings is 1. The number of non-ortho nitro benzene ring substituents is 1. The molecular formula is C19H20N4O3. The van der Waals surface area contributed by atoms with Crippen molar-refractivity contribution in [2.75, 3.05) is 12.8 Å². The van der Waals surface area contributed by atoms with E-state index in [-0.39, 0.29) is 11.6 Å². The van der Waals surface area contributed by atoms with Gasteiger partial charge in [-0.1, -0.05) is 30.3 Å². The third-order valence-corrected chi connectivity index (χ3v) is 4.39. The number of nitrogens with two attached hydrogens (primary N) is 1. The Morgan fingerprint density at radius 3 is 2.58 bits per heavy atom. The SMILES string of the molecule is COc1ccc([N+](=O)[O-])cc1CC(c1ccccc1)c1cn(C)c(N)n1. The van der Waals surface area contributed by atoms with E-state index < -0.39 is 4.92 Å². The topological polar surface area (TPSA) is 96.2 Å². The highest BCUT2D eigenvalue weighted by molar-refractivity contribution is 5.46. The van der Waals surface area contributed by atoms with Crippen molar-refractivity contribution in [1.29, 1.82) is 0 Å². The lowest BCUT2D eigenvalue weighted by molar-refractivity contribution is -0.384. The van der Waals surface area contributed by atoms with Crippen LogP contribution in [-0.2, 0) is 13.5 Å². The van der Waals surface area contributed by atoms with Crippen molar-refractivity contribution in [1.82, 2.24) is 9.55 Å². The molecule has 0 bridgehead atoms. The summed E-state index contributed by atoms with van der Waals surface area (Å²) in [5, 5.41) is 11.2. The van der Waals surface area contributed by atoms with Crippen LogP contribution >= 0.6 is 0 Å². The van der Waals surface area contributed by atoms with Crippen molar-refractivity contribution in [3.8, 4) is 5.75 Å². The highest BCUT2D eigenvalue weighted by Crippen LogP contribution is 2.33. The maximum atomic E-state index is 11.2. The minimum absolute atomic E-state index is 0.0353. The van der Waals surface area contributed by atoms with E-state index in [0.29, 0.717) is 18.1 Å². The quantitative estimate of drug-likeness (QED) is 0.542. The first-order valence-electron chi connectivity index (χ1n) is 8.14. The molecule has 0 spiro atoms. The zero-order valence-corrected chi connectivity index (χ0v) is 14.6. The summed E-state index contributed by atoms with van der Waals surface area (Å²) in [6, 6.07) is 14.5. The average molecular weight is 352 g/mol. The average Bonchev–Trinajstić information content (AvgIpc) is 2.98. The van der Waals surface area contributed by atoms with Crippen LogP contribution in [0.3, 0.4) is 0 Å². The van der Waals surface area contributed by atoms with Crippen LogP contribution in [0.5, 0.6) is 5.75 Å². The molecule has 2 N–H and O–H groups in total. The summed E-state index contributed by atoms with van der Waals surface area (Å²) in [7, 11) is 3.39. The van der Waals surface area contributed by atoms with Crippen LogP contribution in [-0.4, -0.2) is 21.6 Å². The van der Waals surface area contributed by atoms with Gasteiger partial charge in [0.15, 0.2) is 5.95 Å². The molecule has 0 aliphatic carbocycles. The van der Waals surface area contributed by atoms with E-state index in [1.165, 1.54) is 6.07 Å². The van der Waals surface area contributed by atoms with Gasteiger partial charge in [0.2, 0.25) is 0 Å². The van der Waals surface area contributed by atoms with Crippen LogP contribution < -0.4 is 10.5 Å². The Bertz CT molecular complexity index is 902. The van der Waals surface area contributed by atoms with Gasteiger partial charge in [-0.3, -0.25) is 10.1 Å². The fourth-order valence-electron chi connectivity index (χ4n) is 3.01. The molecule has 0 aliphatic rings. The lowest BCUT2D eigenvalue weighted by atomic mass is 9.89. The van der Waals surface area contributed by atoms with Crippen molar-refractivity contribution >= 4 is 11.6 Å². The van der Waals surface area contributed by atoms with Crippen LogP contribution in [0.15, 0.2) is 54.7 Å². The molecule has 26 heavy (non-hydrogen) atoms. The molecule has 1 heterocycles. The summed E-state index contributed by atoms with van der Waals surface area (Å²) in [6.07, 6.45) is 2.39. The van der Waals surface area contributed by atoms with Crippen LogP contribution in [0.25, 0.3) is 0 Å². The van der Waals surface area contributed by atoms with Gasteiger partial charge in [-0.15, -0.1) is 0 Å². The second kappa shape index (κ2) is 7.26. The summed E-state index contributed by atoms with van der Waals surface area (Å²) >= 11 is 0. The van der Waals surface area contributed by atoms with Crippen molar-refractivity contribution < 1.29 is 9.66 Å². The number of anilines is 1. The Morgan fingerprint density at radius 1 is 1.27 bits per heavy atom. The zero-order valence-electron chi connectivity index (χ0n) is 14.6. The van der Waals surface area contributed by atoms with Crippen molar-refractivity contribution in [2.45, 2.75) is 12.3 Å². The molecule has 0 saturated carbocycles. The number of hydrogen-bond donors (Lipinski definition) is 1. The highest BCUT2D eigenvalue weighted by atomic mass is 16.6. The maximum Gasteiger partial charge on any atom is 0.269 e. The first-order chi connectivity index (χ1) is 12.5. The summed E-state index contributed by atoms with van der Waals surface area (Å²) in [5.41, 5.74) is 8.56. The van der Waals surface area contributed by atoms with E-state index >= 15 is 0 Å². The zero-order chi connectivity index (χ0) is 18.7. The minimum atomic E-state index is -0.404. The number of nitrogens with zero attached hydrogens (tertiary/aromatic N) is 3. The van der Waals surface area contributed by atoms with Crippen molar-refractivity contribution in [3.63, 3.8) is 0 Å². The fourth-order valence-corrected chi connectivity index (χ4v) is 3.01. The minimum Gasteiger partial charge on any atom is -0.496 e. The summed E-state index contributed by atoms with van der Waals surface area (Å²) in [4.78, 5) is 15.2. The number of nitro benzene ring substituents is 1. The predicted molar refractivity (Wildman–Crippen MR) is 99.3 cm³/mol. The third-order valence-electron chi connectivity index (χ3n) is 4.39. The molecule has 3 rings (SSSR count). The van der Waals surface area contributed by atoms with Gasteiger partial charge < -0.3 is 15.0 Å². The van der Waals surface area contributed by atoms with Gasteiger partial charge in [0, 0.05) is 36.9 Å².